The lowest BCUT2D eigenvalue weighted by atomic mass is 10.2. The minimum absolute atomic E-state index is 0.893. The Labute approximate surface area is 96.5 Å². The van der Waals surface area contributed by atoms with E-state index in [2.05, 4.69) is 41.6 Å². The Morgan fingerprint density at radius 3 is 1.62 bits per heavy atom. The van der Waals surface area contributed by atoms with E-state index < -0.39 is 0 Å². The summed E-state index contributed by atoms with van der Waals surface area (Å²) in [6, 6.07) is 20.6. The Hall–Kier alpha value is -1.80. The molecule has 2 nitrogen and oxygen atoms in total. The van der Waals surface area contributed by atoms with Crippen LogP contribution in [0, 0.1) is 0 Å². The molecule has 0 aliphatic carbocycles. The first-order chi connectivity index (χ1) is 7.92. The number of hydrogen-bond acceptors (Lipinski definition) is 2. The summed E-state index contributed by atoms with van der Waals surface area (Å²) < 4.78 is 0. The summed E-state index contributed by atoms with van der Waals surface area (Å²) in [6.45, 7) is 2.99. The average molecular weight is 212 g/mol. The average Bonchev–Trinajstić information content (AvgIpc) is 2.38. The van der Waals surface area contributed by atoms with E-state index >= 15 is 0 Å². The van der Waals surface area contributed by atoms with Crippen LogP contribution in [0.2, 0.25) is 0 Å². The smallest absolute Gasteiger partial charge is 0.0577 e. The van der Waals surface area contributed by atoms with E-state index in [0.29, 0.717) is 0 Å². The van der Waals surface area contributed by atoms with E-state index in [1.165, 1.54) is 0 Å². The van der Waals surface area contributed by atoms with E-state index in [-0.39, 0.29) is 0 Å². The van der Waals surface area contributed by atoms with Gasteiger partial charge in [0.15, 0.2) is 0 Å². The second-order valence-corrected chi connectivity index (χ2v) is 3.52. The maximum atomic E-state index is 3.35. The summed E-state index contributed by atoms with van der Waals surface area (Å²) in [5.74, 6) is 0. The molecule has 0 heterocycles. The van der Waals surface area contributed by atoms with Crippen LogP contribution in [0.3, 0.4) is 0 Å². The molecule has 2 rings (SSSR count). The van der Waals surface area contributed by atoms with Gasteiger partial charge in [0, 0.05) is 6.54 Å². The third-order valence-electron chi connectivity index (χ3n) is 2.35. The zero-order valence-corrected chi connectivity index (χ0v) is 9.43. The molecule has 0 spiro atoms. The summed E-state index contributed by atoms with van der Waals surface area (Å²) in [4.78, 5) is 0. The van der Waals surface area contributed by atoms with Crippen LogP contribution < -0.4 is 10.4 Å². The molecule has 0 amide bonds. The van der Waals surface area contributed by atoms with Crippen LogP contribution >= 0.6 is 0 Å². The molecule has 0 saturated carbocycles. The lowest BCUT2D eigenvalue weighted by Gasteiger charge is -2.24. The standard InChI is InChI=1S/C14H16N2/c1-2-15-16(13-9-5-3-6-10-13)14-11-7-4-8-12-14/h3-12,15H,2H2,1H3. The van der Waals surface area contributed by atoms with Gasteiger partial charge in [0.05, 0.1) is 11.4 Å². The van der Waals surface area contributed by atoms with Gasteiger partial charge in [-0.3, -0.25) is 5.01 Å². The van der Waals surface area contributed by atoms with Gasteiger partial charge in [0.2, 0.25) is 0 Å². The molecule has 2 heteroatoms. The Bertz CT molecular complexity index is 372. The molecular weight excluding hydrogens is 196 g/mol. The number of anilines is 2. The highest BCUT2D eigenvalue weighted by atomic mass is 15.5. The van der Waals surface area contributed by atoms with Gasteiger partial charge in [-0.1, -0.05) is 43.3 Å². The summed E-state index contributed by atoms with van der Waals surface area (Å²) in [7, 11) is 0. The van der Waals surface area contributed by atoms with Crippen molar-refractivity contribution in [1.29, 1.82) is 0 Å². The molecule has 0 radical (unpaired) electrons. The molecular formula is C14H16N2. The molecule has 0 aliphatic heterocycles. The van der Waals surface area contributed by atoms with E-state index in [4.69, 9.17) is 0 Å². The van der Waals surface area contributed by atoms with Gasteiger partial charge in [0.1, 0.15) is 0 Å². The van der Waals surface area contributed by atoms with Crippen molar-refractivity contribution in [2.45, 2.75) is 6.92 Å². The Kier molecular flexibility index (Phi) is 3.57. The predicted molar refractivity (Wildman–Crippen MR) is 68.7 cm³/mol. The lowest BCUT2D eigenvalue weighted by Crippen LogP contribution is -2.33. The van der Waals surface area contributed by atoms with Crippen molar-refractivity contribution in [3.05, 3.63) is 60.7 Å². The zero-order chi connectivity index (χ0) is 11.2. The quantitative estimate of drug-likeness (QED) is 0.782. The maximum absolute atomic E-state index is 3.35. The van der Waals surface area contributed by atoms with Gasteiger partial charge in [-0.25, -0.2) is 5.43 Å². The minimum atomic E-state index is 0.893. The molecule has 1 N–H and O–H groups in total. The van der Waals surface area contributed by atoms with Crippen LogP contribution in [0.15, 0.2) is 60.7 Å². The van der Waals surface area contributed by atoms with Crippen LogP contribution in [-0.4, -0.2) is 6.54 Å². The Balaban J connectivity index is 2.31. The maximum Gasteiger partial charge on any atom is 0.0577 e. The number of hydrogen-bond donors (Lipinski definition) is 1. The highest BCUT2D eigenvalue weighted by Crippen LogP contribution is 2.21. The van der Waals surface area contributed by atoms with Crippen LogP contribution in [0.5, 0.6) is 0 Å². The molecule has 0 unspecified atom stereocenters. The van der Waals surface area contributed by atoms with Crippen LogP contribution in [0.25, 0.3) is 0 Å². The first-order valence-corrected chi connectivity index (χ1v) is 5.55. The first-order valence-electron chi connectivity index (χ1n) is 5.55. The monoisotopic (exact) mass is 212 g/mol. The van der Waals surface area contributed by atoms with Crippen LogP contribution in [0.4, 0.5) is 11.4 Å². The fraction of sp³-hybridized carbons (Fsp3) is 0.143. The van der Waals surface area contributed by atoms with E-state index in [1.807, 2.05) is 36.4 Å². The first kappa shape index (κ1) is 10.7. The van der Waals surface area contributed by atoms with Crippen molar-refractivity contribution in [2.24, 2.45) is 0 Å². The highest BCUT2D eigenvalue weighted by molar-refractivity contribution is 5.61. The van der Waals surface area contributed by atoms with Crippen molar-refractivity contribution in [3.8, 4) is 0 Å². The van der Waals surface area contributed by atoms with Gasteiger partial charge in [-0.2, -0.15) is 0 Å². The number of hydrazine groups is 1. The molecule has 0 aliphatic rings. The summed E-state index contributed by atoms with van der Waals surface area (Å²) >= 11 is 0. The summed E-state index contributed by atoms with van der Waals surface area (Å²) in [6.07, 6.45) is 0. The van der Waals surface area contributed by atoms with Gasteiger partial charge < -0.3 is 0 Å². The molecule has 16 heavy (non-hydrogen) atoms. The Morgan fingerprint density at radius 2 is 1.25 bits per heavy atom. The highest BCUT2D eigenvalue weighted by Gasteiger charge is 2.05. The van der Waals surface area contributed by atoms with Crippen LogP contribution in [0.1, 0.15) is 6.92 Å². The molecule has 0 aromatic heterocycles. The third kappa shape index (κ3) is 2.41. The lowest BCUT2D eigenvalue weighted by molar-refractivity contribution is 0.741. The Morgan fingerprint density at radius 1 is 0.812 bits per heavy atom. The van der Waals surface area contributed by atoms with Crippen molar-refractivity contribution in [3.63, 3.8) is 0 Å². The third-order valence-corrected chi connectivity index (χ3v) is 2.35. The predicted octanol–water partition coefficient (Wildman–Crippen LogP) is 3.35. The van der Waals surface area contributed by atoms with E-state index in [1.54, 1.807) is 0 Å². The van der Waals surface area contributed by atoms with Crippen molar-refractivity contribution >= 4 is 11.4 Å². The molecule has 2 aromatic carbocycles. The number of benzene rings is 2. The molecule has 2 aromatic rings. The van der Waals surface area contributed by atoms with Gasteiger partial charge in [0.25, 0.3) is 0 Å². The largest absolute Gasteiger partial charge is 0.277 e. The minimum Gasteiger partial charge on any atom is -0.277 e. The fourth-order valence-electron chi connectivity index (χ4n) is 1.64. The van der Waals surface area contributed by atoms with E-state index in [0.717, 1.165) is 17.9 Å². The van der Waals surface area contributed by atoms with Gasteiger partial charge in [-0.15, -0.1) is 0 Å². The second kappa shape index (κ2) is 5.33. The fourth-order valence-corrected chi connectivity index (χ4v) is 1.64. The molecule has 0 fully saturated rings. The van der Waals surface area contributed by atoms with Gasteiger partial charge in [-0.05, 0) is 24.3 Å². The topological polar surface area (TPSA) is 15.3 Å². The molecule has 0 bridgehead atoms. The zero-order valence-electron chi connectivity index (χ0n) is 9.43. The van der Waals surface area contributed by atoms with Crippen molar-refractivity contribution < 1.29 is 0 Å². The molecule has 82 valence electrons. The van der Waals surface area contributed by atoms with E-state index in [9.17, 15) is 0 Å². The number of rotatable bonds is 4. The molecule has 0 atom stereocenters. The summed E-state index contributed by atoms with van der Waals surface area (Å²) in [5.41, 5.74) is 5.65. The van der Waals surface area contributed by atoms with Gasteiger partial charge >= 0.3 is 0 Å². The summed E-state index contributed by atoms with van der Waals surface area (Å²) in [5, 5.41) is 2.10. The van der Waals surface area contributed by atoms with Crippen LogP contribution in [-0.2, 0) is 0 Å². The second-order valence-electron chi connectivity index (χ2n) is 3.52. The number of nitrogens with one attached hydrogen (secondary N) is 1. The number of para-hydroxylation sites is 2. The van der Waals surface area contributed by atoms with Crippen molar-refractivity contribution in [2.75, 3.05) is 11.6 Å². The van der Waals surface area contributed by atoms with Crippen molar-refractivity contribution in [1.82, 2.24) is 5.43 Å². The SMILES string of the molecule is CCNN(c1ccccc1)c1ccccc1. The number of nitrogens with zero attached hydrogens (tertiary/aromatic N) is 1. The normalized spacial score (nSPS) is 10.1. The molecule has 0 saturated heterocycles.